The minimum atomic E-state index is -0.459. The van der Waals surface area contributed by atoms with Crippen molar-refractivity contribution >= 4 is 11.6 Å². The van der Waals surface area contributed by atoms with Crippen molar-refractivity contribution in [2.45, 2.75) is 32.2 Å². The molecule has 1 saturated heterocycles. The first-order valence-electron chi connectivity index (χ1n) is 7.25. The highest BCUT2D eigenvalue weighted by Crippen LogP contribution is 2.27. The van der Waals surface area contributed by atoms with Crippen LogP contribution in [0.5, 0.6) is 0 Å². The standard InChI is InChI=1S/C15H21N3O3/c1-11-6-5-8-13(14(11)18(20)21)15(19)17-9-4-3-7-12(17)10-16-2/h5-6,8,12,16H,3-4,7,9-10H2,1-2H3. The fourth-order valence-electron chi connectivity index (χ4n) is 2.94. The second kappa shape index (κ2) is 6.67. The van der Waals surface area contributed by atoms with Gasteiger partial charge in [-0.2, -0.15) is 0 Å². The average molecular weight is 291 g/mol. The molecule has 1 aromatic rings. The lowest BCUT2D eigenvalue weighted by Crippen LogP contribution is -2.48. The van der Waals surface area contributed by atoms with Crippen LogP contribution in [0.25, 0.3) is 0 Å². The third-order valence-corrected chi connectivity index (χ3v) is 3.98. The normalized spacial score (nSPS) is 18.6. The van der Waals surface area contributed by atoms with Crippen LogP contribution in [0.1, 0.15) is 35.2 Å². The molecule has 21 heavy (non-hydrogen) atoms. The van der Waals surface area contributed by atoms with Gasteiger partial charge >= 0.3 is 0 Å². The van der Waals surface area contributed by atoms with Gasteiger partial charge in [-0.05, 0) is 39.3 Å². The van der Waals surface area contributed by atoms with Crippen molar-refractivity contribution in [3.8, 4) is 0 Å². The summed E-state index contributed by atoms with van der Waals surface area (Å²) in [6.45, 7) is 3.04. The maximum absolute atomic E-state index is 12.8. The van der Waals surface area contributed by atoms with E-state index in [1.165, 1.54) is 0 Å². The number of aryl methyl sites for hydroxylation is 1. The van der Waals surface area contributed by atoms with E-state index in [2.05, 4.69) is 5.32 Å². The number of piperidine rings is 1. The van der Waals surface area contributed by atoms with E-state index in [0.717, 1.165) is 19.3 Å². The van der Waals surface area contributed by atoms with Gasteiger partial charge in [-0.15, -0.1) is 0 Å². The fraction of sp³-hybridized carbons (Fsp3) is 0.533. The highest BCUT2D eigenvalue weighted by Gasteiger charge is 2.31. The Kier molecular flexibility index (Phi) is 4.90. The molecule has 114 valence electrons. The average Bonchev–Trinajstić information content (AvgIpc) is 2.47. The number of hydrogen-bond donors (Lipinski definition) is 1. The topological polar surface area (TPSA) is 75.5 Å². The molecule has 2 rings (SSSR count). The SMILES string of the molecule is CNCC1CCCCN1C(=O)c1cccc(C)c1[N+](=O)[O-]. The van der Waals surface area contributed by atoms with Crippen LogP contribution in [0.15, 0.2) is 18.2 Å². The van der Waals surface area contributed by atoms with Crippen LogP contribution >= 0.6 is 0 Å². The number of para-hydroxylation sites is 1. The van der Waals surface area contributed by atoms with E-state index in [9.17, 15) is 14.9 Å². The zero-order valence-electron chi connectivity index (χ0n) is 12.5. The van der Waals surface area contributed by atoms with Gasteiger partial charge in [0.05, 0.1) is 4.92 Å². The predicted octanol–water partition coefficient (Wildman–Crippen LogP) is 2.12. The number of rotatable bonds is 4. The number of carbonyl (C=O) groups is 1. The third-order valence-electron chi connectivity index (χ3n) is 3.98. The molecule has 0 spiro atoms. The highest BCUT2D eigenvalue weighted by atomic mass is 16.6. The molecule has 0 bridgehead atoms. The molecular weight excluding hydrogens is 270 g/mol. The minimum absolute atomic E-state index is 0.0729. The molecule has 1 unspecified atom stereocenters. The van der Waals surface area contributed by atoms with Crippen LogP contribution in [0, 0.1) is 17.0 Å². The zero-order chi connectivity index (χ0) is 15.4. The Bertz CT molecular complexity index is 543. The third kappa shape index (κ3) is 3.21. The van der Waals surface area contributed by atoms with Gasteiger partial charge in [0.2, 0.25) is 0 Å². The molecule has 0 aromatic heterocycles. The molecule has 1 fully saturated rings. The second-order valence-electron chi connectivity index (χ2n) is 5.43. The van der Waals surface area contributed by atoms with E-state index in [4.69, 9.17) is 0 Å². The summed E-state index contributed by atoms with van der Waals surface area (Å²) in [5.41, 5.74) is 0.646. The maximum atomic E-state index is 12.8. The quantitative estimate of drug-likeness (QED) is 0.681. The molecule has 1 heterocycles. The van der Waals surface area contributed by atoms with Crippen molar-refractivity contribution in [1.29, 1.82) is 0 Å². The summed E-state index contributed by atoms with van der Waals surface area (Å²) in [5, 5.41) is 14.4. The molecule has 1 atom stereocenters. The van der Waals surface area contributed by atoms with E-state index in [1.54, 1.807) is 30.0 Å². The Hall–Kier alpha value is -1.95. The van der Waals surface area contributed by atoms with E-state index in [-0.39, 0.29) is 23.2 Å². The summed E-state index contributed by atoms with van der Waals surface area (Å²) >= 11 is 0. The molecule has 0 radical (unpaired) electrons. The van der Waals surface area contributed by atoms with Crippen LogP contribution in [-0.4, -0.2) is 41.9 Å². The summed E-state index contributed by atoms with van der Waals surface area (Å²) in [5.74, 6) is -0.231. The summed E-state index contributed by atoms with van der Waals surface area (Å²) < 4.78 is 0. The van der Waals surface area contributed by atoms with Crippen molar-refractivity contribution in [3.63, 3.8) is 0 Å². The number of hydrogen-bond acceptors (Lipinski definition) is 4. The molecular formula is C15H21N3O3. The van der Waals surface area contributed by atoms with Crippen molar-refractivity contribution < 1.29 is 9.72 Å². The lowest BCUT2D eigenvalue weighted by Gasteiger charge is -2.35. The number of nitrogens with one attached hydrogen (secondary N) is 1. The van der Waals surface area contributed by atoms with Gasteiger partial charge in [0, 0.05) is 24.7 Å². The lowest BCUT2D eigenvalue weighted by molar-refractivity contribution is -0.385. The zero-order valence-corrected chi connectivity index (χ0v) is 12.5. The lowest BCUT2D eigenvalue weighted by atomic mass is 9.99. The van der Waals surface area contributed by atoms with Gasteiger partial charge in [-0.1, -0.05) is 12.1 Å². The fourth-order valence-corrected chi connectivity index (χ4v) is 2.94. The first-order chi connectivity index (χ1) is 10.1. The molecule has 1 N–H and O–H groups in total. The molecule has 6 nitrogen and oxygen atoms in total. The molecule has 1 amide bonds. The number of amides is 1. The van der Waals surface area contributed by atoms with Crippen molar-refractivity contribution in [2.24, 2.45) is 0 Å². The summed E-state index contributed by atoms with van der Waals surface area (Å²) in [7, 11) is 1.85. The van der Waals surface area contributed by atoms with Crippen molar-refractivity contribution in [3.05, 3.63) is 39.4 Å². The minimum Gasteiger partial charge on any atom is -0.334 e. The number of likely N-dealkylation sites (tertiary alicyclic amines) is 1. The van der Waals surface area contributed by atoms with E-state index < -0.39 is 4.92 Å². The Balaban J connectivity index is 2.34. The number of benzene rings is 1. The summed E-state index contributed by atoms with van der Waals surface area (Å²) in [4.78, 5) is 25.3. The van der Waals surface area contributed by atoms with Gasteiger partial charge in [-0.3, -0.25) is 14.9 Å². The molecule has 6 heteroatoms. The Morgan fingerprint density at radius 2 is 2.24 bits per heavy atom. The Morgan fingerprint density at radius 3 is 2.90 bits per heavy atom. The molecule has 1 aliphatic heterocycles. The van der Waals surface area contributed by atoms with Gasteiger partial charge in [0.15, 0.2) is 0 Å². The Labute approximate surface area is 124 Å². The predicted molar refractivity (Wildman–Crippen MR) is 80.4 cm³/mol. The number of carbonyl (C=O) groups excluding carboxylic acids is 1. The number of nitrogens with zero attached hydrogens (tertiary/aromatic N) is 2. The van der Waals surface area contributed by atoms with Gasteiger partial charge in [0.1, 0.15) is 5.56 Å². The van der Waals surface area contributed by atoms with Crippen molar-refractivity contribution in [1.82, 2.24) is 10.2 Å². The molecule has 0 saturated carbocycles. The van der Waals surface area contributed by atoms with E-state index in [1.807, 2.05) is 7.05 Å². The van der Waals surface area contributed by atoms with Crippen LogP contribution in [0.2, 0.25) is 0 Å². The first-order valence-corrected chi connectivity index (χ1v) is 7.25. The van der Waals surface area contributed by atoms with Crippen LogP contribution in [0.4, 0.5) is 5.69 Å². The number of nitro groups is 1. The van der Waals surface area contributed by atoms with Crippen LogP contribution in [0.3, 0.4) is 0 Å². The smallest absolute Gasteiger partial charge is 0.285 e. The number of likely N-dealkylation sites (N-methyl/N-ethyl adjacent to an activating group) is 1. The van der Waals surface area contributed by atoms with Crippen molar-refractivity contribution in [2.75, 3.05) is 20.1 Å². The van der Waals surface area contributed by atoms with E-state index >= 15 is 0 Å². The summed E-state index contributed by atoms with van der Waals surface area (Å²) in [6.07, 6.45) is 2.98. The number of nitro benzene ring substituents is 1. The molecule has 1 aromatic carbocycles. The highest BCUT2D eigenvalue weighted by molar-refractivity contribution is 5.99. The maximum Gasteiger partial charge on any atom is 0.285 e. The monoisotopic (exact) mass is 291 g/mol. The summed E-state index contributed by atoms with van der Waals surface area (Å²) in [6, 6.07) is 5.03. The Morgan fingerprint density at radius 1 is 1.48 bits per heavy atom. The second-order valence-corrected chi connectivity index (χ2v) is 5.43. The van der Waals surface area contributed by atoms with Gasteiger partial charge in [-0.25, -0.2) is 0 Å². The van der Waals surface area contributed by atoms with Crippen LogP contribution < -0.4 is 5.32 Å². The van der Waals surface area contributed by atoms with Gasteiger partial charge in [0.25, 0.3) is 11.6 Å². The molecule has 1 aliphatic rings. The van der Waals surface area contributed by atoms with E-state index in [0.29, 0.717) is 18.7 Å². The molecule has 0 aliphatic carbocycles. The van der Waals surface area contributed by atoms with Crippen LogP contribution in [-0.2, 0) is 0 Å². The van der Waals surface area contributed by atoms with Gasteiger partial charge < -0.3 is 10.2 Å². The largest absolute Gasteiger partial charge is 0.334 e. The first kappa shape index (κ1) is 15.4.